The van der Waals surface area contributed by atoms with Crippen LogP contribution >= 0.6 is 7.34 Å². The van der Waals surface area contributed by atoms with Gasteiger partial charge in [0, 0.05) is 19.9 Å². The molecule has 0 radical (unpaired) electrons. The zero-order chi connectivity index (χ0) is 7.49. The van der Waals surface area contributed by atoms with E-state index >= 15 is 0 Å². The molecule has 9 heavy (non-hydrogen) atoms. The average molecular weight is 150 g/mol. The molecular formula is C6H15O2P. The first kappa shape index (κ1) is 9.22. The molecule has 2 nitrogen and oxygen atoms in total. The molecule has 0 aromatic carbocycles. The van der Waals surface area contributed by atoms with Gasteiger partial charge in [0.05, 0.1) is 0 Å². The Labute approximate surface area is 57.3 Å². The van der Waals surface area contributed by atoms with Crippen molar-refractivity contribution in [3.8, 4) is 0 Å². The van der Waals surface area contributed by atoms with Crippen LogP contribution in [-0.2, 0) is 9.05 Å². The lowest BCUT2D eigenvalue weighted by Crippen LogP contribution is -2.01. The van der Waals surface area contributed by atoms with E-state index in [1.807, 2.05) is 13.8 Å². The topological polar surface area (TPSA) is 18.5 Å². The first-order chi connectivity index (χ1) is 4.06. The summed E-state index contributed by atoms with van der Waals surface area (Å²) >= 11 is 0. The molecule has 0 heterocycles. The van der Waals surface area contributed by atoms with Crippen molar-refractivity contribution in [2.75, 3.05) is 14.2 Å². The molecule has 0 aromatic heterocycles. The van der Waals surface area contributed by atoms with Crippen molar-refractivity contribution >= 4 is 13.6 Å². The molecular weight excluding hydrogens is 135 g/mol. The second-order valence-corrected chi connectivity index (χ2v) is 5.40. The maximum atomic E-state index is 5.13. The first-order valence-corrected chi connectivity index (χ1v) is 4.79. The Morgan fingerprint density at radius 1 is 1.22 bits per heavy atom. The van der Waals surface area contributed by atoms with E-state index in [9.17, 15) is 0 Å². The van der Waals surface area contributed by atoms with Gasteiger partial charge in [-0.2, -0.15) is 0 Å². The summed E-state index contributed by atoms with van der Waals surface area (Å²) in [4.78, 5) is 0. The summed E-state index contributed by atoms with van der Waals surface area (Å²) in [6.07, 6.45) is 3.87. The maximum Gasteiger partial charge on any atom is 0.119 e. The number of rotatable bonds is 3. The predicted octanol–water partition coefficient (Wildman–Crippen LogP) is 1.97. The SMILES string of the molecule is C=P(OC)(OC)C(C)C. The monoisotopic (exact) mass is 150 g/mol. The molecule has 0 aromatic rings. The van der Waals surface area contributed by atoms with Gasteiger partial charge >= 0.3 is 0 Å². The molecule has 3 heteroatoms. The van der Waals surface area contributed by atoms with Crippen molar-refractivity contribution in [3.05, 3.63) is 0 Å². The summed E-state index contributed by atoms with van der Waals surface area (Å²) in [5.74, 6) is 0. The van der Waals surface area contributed by atoms with Crippen LogP contribution in [0.25, 0.3) is 0 Å². The van der Waals surface area contributed by atoms with E-state index in [0.29, 0.717) is 5.66 Å². The molecule has 0 rings (SSSR count). The van der Waals surface area contributed by atoms with E-state index in [4.69, 9.17) is 9.05 Å². The minimum atomic E-state index is -1.75. The molecule has 0 fully saturated rings. The largest absolute Gasteiger partial charge is 0.341 e. The third-order valence-corrected chi connectivity index (χ3v) is 4.21. The Hall–Kier alpha value is 0.220. The van der Waals surface area contributed by atoms with Crippen molar-refractivity contribution in [1.82, 2.24) is 0 Å². The lowest BCUT2D eigenvalue weighted by atomic mass is 10.6. The molecule has 0 saturated carbocycles. The minimum absolute atomic E-state index is 0.382. The minimum Gasteiger partial charge on any atom is -0.341 e. The highest BCUT2D eigenvalue weighted by Crippen LogP contribution is 2.50. The molecule has 0 unspecified atom stereocenters. The van der Waals surface area contributed by atoms with Crippen molar-refractivity contribution in [2.45, 2.75) is 19.5 Å². The molecule has 0 aliphatic heterocycles. The fourth-order valence-electron chi connectivity index (χ4n) is 0.496. The Bertz CT molecular complexity index is 112. The van der Waals surface area contributed by atoms with Gasteiger partial charge < -0.3 is 9.05 Å². The van der Waals surface area contributed by atoms with E-state index < -0.39 is 7.34 Å². The van der Waals surface area contributed by atoms with Gasteiger partial charge in [-0.1, -0.05) is 20.1 Å². The van der Waals surface area contributed by atoms with Crippen molar-refractivity contribution < 1.29 is 9.05 Å². The van der Waals surface area contributed by atoms with Gasteiger partial charge in [0.15, 0.2) is 0 Å². The molecule has 0 saturated heterocycles. The van der Waals surface area contributed by atoms with Crippen LogP contribution < -0.4 is 0 Å². The van der Waals surface area contributed by atoms with Crippen LogP contribution in [0, 0.1) is 0 Å². The van der Waals surface area contributed by atoms with Crippen LogP contribution in [0.5, 0.6) is 0 Å². The highest BCUT2D eigenvalue weighted by atomic mass is 31.2. The summed E-state index contributed by atoms with van der Waals surface area (Å²) in [5, 5.41) is 0. The molecule has 0 amide bonds. The highest BCUT2D eigenvalue weighted by molar-refractivity contribution is 7.65. The summed E-state index contributed by atoms with van der Waals surface area (Å²) in [6.45, 7) is 4.10. The zero-order valence-electron chi connectivity index (χ0n) is 6.55. The Morgan fingerprint density at radius 2 is 1.56 bits per heavy atom. The Balaban J connectivity index is 4.11. The second kappa shape index (κ2) is 3.40. The lowest BCUT2D eigenvalue weighted by Gasteiger charge is -2.23. The van der Waals surface area contributed by atoms with Crippen molar-refractivity contribution in [2.24, 2.45) is 0 Å². The van der Waals surface area contributed by atoms with Crippen LogP contribution in [-0.4, -0.2) is 26.2 Å². The average Bonchev–Trinajstić information content (AvgIpc) is 1.86. The number of hydrogen-bond donors (Lipinski definition) is 0. The smallest absolute Gasteiger partial charge is 0.119 e. The highest BCUT2D eigenvalue weighted by Gasteiger charge is 2.16. The molecule has 0 N–H and O–H groups in total. The van der Waals surface area contributed by atoms with Gasteiger partial charge in [-0.3, -0.25) is 0 Å². The van der Waals surface area contributed by atoms with Crippen LogP contribution in [0.15, 0.2) is 0 Å². The van der Waals surface area contributed by atoms with Crippen LogP contribution in [0.3, 0.4) is 0 Å². The van der Waals surface area contributed by atoms with Gasteiger partial charge in [-0.15, -0.1) is 0 Å². The van der Waals surface area contributed by atoms with Gasteiger partial charge in [0.25, 0.3) is 0 Å². The van der Waals surface area contributed by atoms with Crippen LogP contribution in [0.4, 0.5) is 0 Å². The summed E-state index contributed by atoms with van der Waals surface area (Å²) in [5.41, 5.74) is 0.382. The van der Waals surface area contributed by atoms with E-state index in [-0.39, 0.29) is 0 Å². The van der Waals surface area contributed by atoms with Gasteiger partial charge in [0.2, 0.25) is 0 Å². The van der Waals surface area contributed by atoms with Gasteiger partial charge in [-0.25, -0.2) is 0 Å². The molecule has 0 aliphatic rings. The lowest BCUT2D eigenvalue weighted by molar-refractivity contribution is 0.329. The normalized spacial score (nSPS) is 12.6. The molecule has 0 bridgehead atoms. The summed E-state index contributed by atoms with van der Waals surface area (Å²) < 4.78 is 10.3. The standard InChI is InChI=1S/C6H15O2P/c1-6(2)9(5,7-3)8-4/h6H,5H2,1-4H3. The van der Waals surface area contributed by atoms with E-state index in [1.165, 1.54) is 0 Å². The van der Waals surface area contributed by atoms with Crippen molar-refractivity contribution in [1.29, 1.82) is 0 Å². The van der Waals surface area contributed by atoms with Crippen molar-refractivity contribution in [3.63, 3.8) is 0 Å². The fourth-order valence-corrected chi connectivity index (χ4v) is 1.49. The molecule has 0 spiro atoms. The van der Waals surface area contributed by atoms with Gasteiger partial charge in [0.1, 0.15) is 7.34 Å². The van der Waals surface area contributed by atoms with E-state index in [1.54, 1.807) is 14.2 Å². The molecule has 0 aliphatic carbocycles. The van der Waals surface area contributed by atoms with Crippen LogP contribution in [0.2, 0.25) is 0 Å². The fraction of sp³-hybridized carbons (Fsp3) is 0.833. The third kappa shape index (κ3) is 2.13. The summed E-state index contributed by atoms with van der Waals surface area (Å²) in [7, 11) is 1.53. The Morgan fingerprint density at radius 3 is 1.56 bits per heavy atom. The van der Waals surface area contributed by atoms with Gasteiger partial charge in [-0.05, 0) is 0 Å². The van der Waals surface area contributed by atoms with Crippen LogP contribution in [0.1, 0.15) is 13.8 Å². The predicted molar refractivity (Wildman–Crippen MR) is 43.2 cm³/mol. The molecule has 56 valence electrons. The first-order valence-electron chi connectivity index (χ1n) is 2.91. The van der Waals surface area contributed by atoms with E-state index in [0.717, 1.165) is 0 Å². The maximum absolute atomic E-state index is 5.13. The molecule has 0 atom stereocenters. The Kier molecular flexibility index (Phi) is 3.49. The summed E-state index contributed by atoms with van der Waals surface area (Å²) in [6, 6.07) is 0. The quantitative estimate of drug-likeness (QED) is 0.572. The zero-order valence-corrected chi connectivity index (χ0v) is 7.44. The number of hydrogen-bond acceptors (Lipinski definition) is 2. The second-order valence-electron chi connectivity index (χ2n) is 2.19. The van der Waals surface area contributed by atoms with E-state index in [2.05, 4.69) is 6.30 Å². The third-order valence-electron chi connectivity index (χ3n) is 1.40.